The zero-order valence-corrected chi connectivity index (χ0v) is 11.0. The van der Waals surface area contributed by atoms with Gasteiger partial charge in [-0.15, -0.1) is 0 Å². The van der Waals surface area contributed by atoms with Crippen LogP contribution >= 0.6 is 0 Å². The van der Waals surface area contributed by atoms with Crippen LogP contribution in [-0.4, -0.2) is 29.5 Å². The number of carbonyl (C=O) groups excluding carboxylic acids is 2. The van der Waals surface area contributed by atoms with Crippen molar-refractivity contribution in [2.45, 2.75) is 25.9 Å². The largest absolute Gasteiger partial charge is 0.481 e. The number of benzene rings is 1. The van der Waals surface area contributed by atoms with E-state index in [1.807, 2.05) is 30.3 Å². The number of hydrogen-bond acceptors (Lipinski definition) is 4. The van der Waals surface area contributed by atoms with Gasteiger partial charge < -0.3 is 15.2 Å². The second-order valence-corrected chi connectivity index (χ2v) is 4.20. The summed E-state index contributed by atoms with van der Waals surface area (Å²) in [4.78, 5) is 32.9. The molecule has 1 amide bonds. The van der Waals surface area contributed by atoms with Crippen LogP contribution in [0.3, 0.4) is 0 Å². The van der Waals surface area contributed by atoms with Gasteiger partial charge >= 0.3 is 12.1 Å². The number of hydrogen-bond donors (Lipinski definition) is 2. The molecule has 0 fully saturated rings. The quantitative estimate of drug-likeness (QED) is 0.756. The van der Waals surface area contributed by atoms with Crippen molar-refractivity contribution in [1.82, 2.24) is 5.32 Å². The first-order valence-electron chi connectivity index (χ1n) is 6.26. The van der Waals surface area contributed by atoms with Gasteiger partial charge in [0, 0.05) is 12.8 Å². The molecular formula is C14H17NO5. The number of aliphatic carboxylic acids is 1. The molecular weight excluding hydrogens is 262 g/mol. The highest BCUT2D eigenvalue weighted by Crippen LogP contribution is 2.00. The van der Waals surface area contributed by atoms with Crippen LogP contribution in [0.4, 0.5) is 4.79 Å². The van der Waals surface area contributed by atoms with Crippen LogP contribution in [0, 0.1) is 0 Å². The molecule has 0 aromatic heterocycles. The molecule has 1 aromatic rings. The van der Waals surface area contributed by atoms with E-state index in [9.17, 15) is 14.4 Å². The van der Waals surface area contributed by atoms with Gasteiger partial charge in [-0.3, -0.25) is 9.59 Å². The van der Waals surface area contributed by atoms with Crippen LogP contribution in [0.5, 0.6) is 0 Å². The first-order chi connectivity index (χ1) is 9.58. The van der Waals surface area contributed by atoms with E-state index in [2.05, 4.69) is 5.32 Å². The summed E-state index contributed by atoms with van der Waals surface area (Å²) >= 11 is 0. The zero-order chi connectivity index (χ0) is 14.8. The van der Waals surface area contributed by atoms with E-state index in [0.29, 0.717) is 0 Å². The number of ketones is 1. The lowest BCUT2D eigenvalue weighted by Crippen LogP contribution is -2.30. The van der Waals surface area contributed by atoms with Gasteiger partial charge in [0.05, 0.1) is 6.54 Å². The molecule has 0 aliphatic heterocycles. The van der Waals surface area contributed by atoms with E-state index < -0.39 is 12.1 Å². The summed E-state index contributed by atoms with van der Waals surface area (Å²) in [5.74, 6) is -1.16. The SMILES string of the molecule is O=C(O)CCCC(=O)CNC(=O)OCc1ccccc1. The average molecular weight is 279 g/mol. The van der Waals surface area contributed by atoms with Crippen LogP contribution < -0.4 is 5.32 Å². The number of rotatable bonds is 8. The molecule has 1 rings (SSSR count). The first kappa shape index (κ1) is 15.7. The molecule has 0 saturated carbocycles. The lowest BCUT2D eigenvalue weighted by Gasteiger charge is -2.06. The van der Waals surface area contributed by atoms with Gasteiger partial charge in [0.2, 0.25) is 0 Å². The van der Waals surface area contributed by atoms with Crippen molar-refractivity contribution < 1.29 is 24.2 Å². The number of nitrogens with one attached hydrogen (secondary N) is 1. The van der Waals surface area contributed by atoms with Crippen molar-refractivity contribution in [3.8, 4) is 0 Å². The van der Waals surface area contributed by atoms with E-state index in [1.165, 1.54) is 0 Å². The third kappa shape index (κ3) is 7.15. The maximum Gasteiger partial charge on any atom is 0.407 e. The van der Waals surface area contributed by atoms with E-state index in [0.717, 1.165) is 5.56 Å². The number of ether oxygens (including phenoxy) is 1. The van der Waals surface area contributed by atoms with Crippen LogP contribution in [0.25, 0.3) is 0 Å². The van der Waals surface area contributed by atoms with E-state index in [4.69, 9.17) is 9.84 Å². The molecule has 0 unspecified atom stereocenters. The van der Waals surface area contributed by atoms with Crippen molar-refractivity contribution in [3.05, 3.63) is 35.9 Å². The monoisotopic (exact) mass is 279 g/mol. The molecule has 0 bridgehead atoms. The highest BCUT2D eigenvalue weighted by molar-refractivity contribution is 5.84. The minimum atomic E-state index is -0.937. The van der Waals surface area contributed by atoms with Crippen LogP contribution in [-0.2, 0) is 20.9 Å². The van der Waals surface area contributed by atoms with Gasteiger partial charge in [-0.25, -0.2) is 4.79 Å². The van der Waals surface area contributed by atoms with Crippen molar-refractivity contribution in [2.24, 2.45) is 0 Å². The Morgan fingerprint density at radius 3 is 2.45 bits per heavy atom. The van der Waals surface area contributed by atoms with Gasteiger partial charge in [0.25, 0.3) is 0 Å². The van der Waals surface area contributed by atoms with Crippen molar-refractivity contribution in [3.63, 3.8) is 0 Å². The lowest BCUT2D eigenvalue weighted by atomic mass is 10.2. The number of carboxylic acids is 1. The Bertz CT molecular complexity index is 458. The summed E-state index contributed by atoms with van der Waals surface area (Å²) < 4.78 is 4.92. The smallest absolute Gasteiger partial charge is 0.407 e. The molecule has 0 heterocycles. The Hall–Kier alpha value is -2.37. The summed E-state index contributed by atoms with van der Waals surface area (Å²) in [6, 6.07) is 9.18. The molecule has 0 atom stereocenters. The summed E-state index contributed by atoms with van der Waals surface area (Å²) in [7, 11) is 0. The number of carboxylic acid groups (broad SMARTS) is 1. The van der Waals surface area contributed by atoms with Gasteiger partial charge in [0.1, 0.15) is 6.61 Å². The molecule has 6 nitrogen and oxygen atoms in total. The van der Waals surface area contributed by atoms with Crippen molar-refractivity contribution in [1.29, 1.82) is 0 Å². The molecule has 6 heteroatoms. The number of carbonyl (C=O) groups is 3. The predicted molar refractivity (Wildman–Crippen MR) is 71.1 cm³/mol. The second-order valence-electron chi connectivity index (χ2n) is 4.20. The Kier molecular flexibility index (Phi) is 6.81. The highest BCUT2D eigenvalue weighted by Gasteiger charge is 2.07. The molecule has 20 heavy (non-hydrogen) atoms. The zero-order valence-electron chi connectivity index (χ0n) is 11.0. The van der Waals surface area contributed by atoms with Crippen LogP contribution in [0.1, 0.15) is 24.8 Å². The second kappa shape index (κ2) is 8.68. The third-order valence-electron chi connectivity index (χ3n) is 2.49. The first-order valence-corrected chi connectivity index (χ1v) is 6.26. The summed E-state index contributed by atoms with van der Waals surface area (Å²) in [6.07, 6.45) is -0.315. The maximum absolute atomic E-state index is 11.3. The topological polar surface area (TPSA) is 92.7 Å². The number of amides is 1. The summed E-state index contributed by atoms with van der Waals surface area (Å²) in [5, 5.41) is 10.8. The average Bonchev–Trinajstić information content (AvgIpc) is 2.43. The Balaban J connectivity index is 2.13. The van der Waals surface area contributed by atoms with E-state index in [-0.39, 0.29) is 38.2 Å². The van der Waals surface area contributed by atoms with Crippen molar-refractivity contribution >= 4 is 17.8 Å². The van der Waals surface area contributed by atoms with Gasteiger partial charge in [-0.05, 0) is 12.0 Å². The lowest BCUT2D eigenvalue weighted by molar-refractivity contribution is -0.137. The fourth-order valence-corrected chi connectivity index (χ4v) is 1.47. The molecule has 108 valence electrons. The number of alkyl carbamates (subject to hydrolysis) is 1. The van der Waals surface area contributed by atoms with Crippen LogP contribution in [0.15, 0.2) is 30.3 Å². The molecule has 0 saturated heterocycles. The number of Topliss-reactive ketones (excluding diaryl/α,β-unsaturated/α-hetero) is 1. The molecule has 0 aliphatic carbocycles. The fourth-order valence-electron chi connectivity index (χ4n) is 1.47. The Morgan fingerprint density at radius 2 is 1.80 bits per heavy atom. The minimum absolute atomic E-state index is 0.0514. The Morgan fingerprint density at radius 1 is 1.10 bits per heavy atom. The predicted octanol–water partition coefficient (Wildman–Crippen LogP) is 1.74. The minimum Gasteiger partial charge on any atom is -0.481 e. The van der Waals surface area contributed by atoms with E-state index in [1.54, 1.807) is 0 Å². The standard InChI is InChI=1S/C14H17NO5/c16-12(7-4-8-13(17)18)9-15-14(19)20-10-11-5-2-1-3-6-11/h1-3,5-6H,4,7-10H2,(H,15,19)(H,17,18). The molecule has 0 radical (unpaired) electrons. The summed E-state index contributed by atoms with van der Waals surface area (Å²) in [5.41, 5.74) is 0.857. The van der Waals surface area contributed by atoms with Gasteiger partial charge in [0.15, 0.2) is 5.78 Å². The van der Waals surface area contributed by atoms with Crippen LogP contribution in [0.2, 0.25) is 0 Å². The molecule has 0 aliphatic rings. The normalized spacial score (nSPS) is 9.80. The third-order valence-corrected chi connectivity index (χ3v) is 2.49. The van der Waals surface area contributed by atoms with Gasteiger partial charge in [-0.2, -0.15) is 0 Å². The molecule has 2 N–H and O–H groups in total. The molecule has 1 aromatic carbocycles. The summed E-state index contributed by atoms with van der Waals surface area (Å²) in [6.45, 7) is -0.00683. The molecule has 0 spiro atoms. The van der Waals surface area contributed by atoms with E-state index >= 15 is 0 Å². The fraction of sp³-hybridized carbons (Fsp3) is 0.357. The van der Waals surface area contributed by atoms with Gasteiger partial charge in [-0.1, -0.05) is 30.3 Å². The maximum atomic E-state index is 11.3. The Labute approximate surface area is 116 Å². The highest BCUT2D eigenvalue weighted by atomic mass is 16.5. The van der Waals surface area contributed by atoms with Crippen molar-refractivity contribution in [2.75, 3.05) is 6.54 Å².